The van der Waals surface area contributed by atoms with Crippen LogP contribution in [0.2, 0.25) is 0 Å². The van der Waals surface area contributed by atoms with E-state index in [1.165, 1.54) is 0 Å². The molecule has 1 heterocycles. The molecule has 0 atom stereocenters. The molecule has 33 valence electrons. The Kier molecular flexibility index (Phi) is 1.44. The van der Waals surface area contributed by atoms with Crippen LogP contribution >= 0.6 is 11.8 Å². The zero-order chi connectivity index (χ0) is 4.24. The van der Waals surface area contributed by atoms with Crippen LogP contribution in [0.5, 0.6) is 0 Å². The molecule has 0 spiro atoms. The van der Waals surface area contributed by atoms with Crippen LogP contribution < -0.4 is 0 Å². The van der Waals surface area contributed by atoms with Crippen LogP contribution in [0, 0.1) is 6.26 Å². The number of rotatable bonds is 0. The highest BCUT2D eigenvalue weighted by atomic mass is 32.2. The summed E-state index contributed by atoms with van der Waals surface area (Å²) in [6, 6.07) is 0. The molecule has 0 N–H and O–H groups in total. The van der Waals surface area contributed by atoms with Crippen LogP contribution in [0.4, 0.5) is 0 Å². The van der Waals surface area contributed by atoms with E-state index in [0.29, 0.717) is 0 Å². The first kappa shape index (κ1) is 4.06. The molecule has 0 aliphatic carbocycles. The lowest BCUT2D eigenvalue weighted by atomic mass is 10.8. The van der Waals surface area contributed by atoms with Crippen molar-refractivity contribution < 1.29 is 4.74 Å². The lowest BCUT2D eigenvalue weighted by molar-refractivity contribution is 0.248. The Morgan fingerprint density at radius 2 is 2.83 bits per heavy atom. The second kappa shape index (κ2) is 2.13. The van der Waals surface area contributed by atoms with Gasteiger partial charge in [0.25, 0.3) is 0 Å². The van der Waals surface area contributed by atoms with Gasteiger partial charge in [-0.25, -0.2) is 0 Å². The Bertz CT molecular complexity index is 52.6. The van der Waals surface area contributed by atoms with Gasteiger partial charge in [0.05, 0.1) is 6.61 Å². The van der Waals surface area contributed by atoms with Gasteiger partial charge in [0.15, 0.2) is 6.26 Å². The predicted molar refractivity (Wildman–Crippen MR) is 26.2 cm³/mol. The molecule has 0 aromatic heterocycles. The summed E-state index contributed by atoms with van der Waals surface area (Å²) in [5, 5.41) is 1.84. The minimum Gasteiger partial charge on any atom is -0.488 e. The summed E-state index contributed by atoms with van der Waals surface area (Å²) in [7, 11) is 0. The van der Waals surface area contributed by atoms with E-state index in [-0.39, 0.29) is 0 Å². The average molecular weight is 101 g/mol. The molecule has 1 aliphatic rings. The SMILES string of the molecule is [C]1=CSCCO1. The van der Waals surface area contributed by atoms with Crippen LogP contribution in [0.15, 0.2) is 5.41 Å². The molecule has 1 rings (SSSR count). The summed E-state index contributed by atoms with van der Waals surface area (Å²) < 4.78 is 4.74. The van der Waals surface area contributed by atoms with Gasteiger partial charge in [-0.2, -0.15) is 0 Å². The van der Waals surface area contributed by atoms with E-state index in [4.69, 9.17) is 4.74 Å². The molecule has 0 aromatic rings. The van der Waals surface area contributed by atoms with Gasteiger partial charge in [-0.15, -0.1) is 11.8 Å². The van der Waals surface area contributed by atoms with E-state index in [1.807, 2.05) is 5.41 Å². The van der Waals surface area contributed by atoms with Crippen LogP contribution in [0.25, 0.3) is 0 Å². The summed E-state index contributed by atoms with van der Waals surface area (Å²) in [4.78, 5) is 0. The third-order valence-corrected chi connectivity index (χ3v) is 1.18. The van der Waals surface area contributed by atoms with Gasteiger partial charge in [0.2, 0.25) is 0 Å². The minimum absolute atomic E-state index is 0.821. The Balaban J connectivity index is 2.26. The molecule has 2 heteroatoms. The highest BCUT2D eigenvalue weighted by Crippen LogP contribution is 2.05. The van der Waals surface area contributed by atoms with Crippen molar-refractivity contribution >= 4 is 11.8 Å². The highest BCUT2D eigenvalue weighted by Gasteiger charge is 1.88. The number of ether oxygens (including phenoxy) is 1. The first-order valence-corrected chi connectivity index (χ1v) is 2.85. The van der Waals surface area contributed by atoms with Gasteiger partial charge in [0.1, 0.15) is 0 Å². The Morgan fingerprint density at radius 3 is 3.00 bits per heavy atom. The number of hydrogen-bond acceptors (Lipinski definition) is 2. The average Bonchev–Trinajstić information content (AvgIpc) is 1.72. The molecule has 1 nitrogen and oxygen atoms in total. The van der Waals surface area contributed by atoms with Crippen molar-refractivity contribution in [1.82, 2.24) is 0 Å². The van der Waals surface area contributed by atoms with E-state index in [1.54, 1.807) is 11.8 Å². The van der Waals surface area contributed by atoms with Gasteiger partial charge in [-0.1, -0.05) is 0 Å². The lowest BCUT2D eigenvalue weighted by Crippen LogP contribution is -1.93. The van der Waals surface area contributed by atoms with E-state index in [0.717, 1.165) is 12.4 Å². The molecule has 0 unspecified atom stereocenters. The molecule has 6 heavy (non-hydrogen) atoms. The Hall–Kier alpha value is -0.110. The molecule has 0 fully saturated rings. The van der Waals surface area contributed by atoms with Crippen molar-refractivity contribution in [3.05, 3.63) is 11.7 Å². The van der Waals surface area contributed by atoms with Crippen LogP contribution in [-0.2, 0) is 4.74 Å². The fraction of sp³-hybridized carbons (Fsp3) is 0.500. The van der Waals surface area contributed by atoms with Gasteiger partial charge >= 0.3 is 0 Å². The van der Waals surface area contributed by atoms with Crippen molar-refractivity contribution in [2.75, 3.05) is 12.4 Å². The van der Waals surface area contributed by atoms with Crippen LogP contribution in [0.1, 0.15) is 0 Å². The topological polar surface area (TPSA) is 9.23 Å². The Labute approximate surface area is 41.4 Å². The molecular weight excluding hydrogens is 96.1 g/mol. The third kappa shape index (κ3) is 0.937. The molecule has 1 radical (unpaired) electrons. The summed E-state index contributed by atoms with van der Waals surface area (Å²) in [5.74, 6) is 1.08. The van der Waals surface area contributed by atoms with Crippen molar-refractivity contribution in [2.45, 2.75) is 0 Å². The fourth-order valence-electron chi connectivity index (χ4n) is 0.276. The van der Waals surface area contributed by atoms with Crippen molar-refractivity contribution in [3.63, 3.8) is 0 Å². The van der Waals surface area contributed by atoms with E-state index in [9.17, 15) is 0 Å². The fourth-order valence-corrected chi connectivity index (χ4v) is 0.709. The highest BCUT2D eigenvalue weighted by molar-refractivity contribution is 8.02. The first-order chi connectivity index (χ1) is 3.00. The van der Waals surface area contributed by atoms with E-state index in [2.05, 4.69) is 6.26 Å². The maximum atomic E-state index is 4.74. The van der Waals surface area contributed by atoms with Gasteiger partial charge in [0, 0.05) is 11.2 Å². The maximum Gasteiger partial charge on any atom is 0.168 e. The second-order valence-electron chi connectivity index (χ2n) is 0.955. The molecule has 0 bridgehead atoms. The molecular formula is C4H5OS. The van der Waals surface area contributed by atoms with Gasteiger partial charge in [-0.05, 0) is 0 Å². The van der Waals surface area contributed by atoms with Crippen molar-refractivity contribution in [2.24, 2.45) is 0 Å². The molecule has 0 amide bonds. The van der Waals surface area contributed by atoms with E-state index < -0.39 is 0 Å². The van der Waals surface area contributed by atoms with Gasteiger partial charge < -0.3 is 4.74 Å². The molecule has 0 saturated carbocycles. The smallest absolute Gasteiger partial charge is 0.168 e. The quantitative estimate of drug-likeness (QED) is 0.450. The minimum atomic E-state index is 0.821. The summed E-state index contributed by atoms with van der Waals surface area (Å²) in [6.07, 6.45) is 2.62. The van der Waals surface area contributed by atoms with Crippen molar-refractivity contribution in [3.8, 4) is 0 Å². The monoisotopic (exact) mass is 101 g/mol. The zero-order valence-corrected chi connectivity index (χ0v) is 4.12. The number of thioether (sulfide) groups is 1. The Morgan fingerprint density at radius 1 is 1.83 bits per heavy atom. The molecule has 0 saturated heterocycles. The van der Waals surface area contributed by atoms with Crippen LogP contribution in [-0.4, -0.2) is 12.4 Å². The zero-order valence-electron chi connectivity index (χ0n) is 3.31. The number of hydrogen-bond donors (Lipinski definition) is 0. The summed E-state index contributed by atoms with van der Waals surface area (Å²) >= 11 is 1.73. The van der Waals surface area contributed by atoms with Gasteiger partial charge in [-0.3, -0.25) is 0 Å². The normalized spacial score (nSPS) is 20.0. The first-order valence-electron chi connectivity index (χ1n) is 1.81. The van der Waals surface area contributed by atoms with Crippen molar-refractivity contribution in [1.29, 1.82) is 0 Å². The second-order valence-corrected chi connectivity index (χ2v) is 1.93. The standard InChI is InChI=1S/C4H5OS/c1-3-6-4-2-5-1/h4H,1,3H2. The lowest BCUT2D eigenvalue weighted by Gasteiger charge is -2.00. The largest absolute Gasteiger partial charge is 0.488 e. The summed E-state index contributed by atoms with van der Waals surface area (Å²) in [6.45, 7) is 0.821. The summed E-state index contributed by atoms with van der Waals surface area (Å²) in [5.41, 5.74) is 0. The predicted octanol–water partition coefficient (Wildman–Crippen LogP) is 1.02. The third-order valence-electron chi connectivity index (χ3n) is 0.518. The molecule has 1 aliphatic heterocycles. The van der Waals surface area contributed by atoms with E-state index >= 15 is 0 Å². The molecule has 0 aromatic carbocycles. The maximum absolute atomic E-state index is 4.74. The van der Waals surface area contributed by atoms with Crippen LogP contribution in [0.3, 0.4) is 0 Å².